The van der Waals surface area contributed by atoms with Crippen molar-refractivity contribution < 1.29 is 4.79 Å². The Morgan fingerprint density at radius 3 is 2.47 bits per heavy atom. The Morgan fingerprint density at radius 2 is 2.00 bits per heavy atom. The second kappa shape index (κ2) is 5.39. The molecule has 1 amide bonds. The van der Waals surface area contributed by atoms with Crippen LogP contribution in [0.2, 0.25) is 0 Å². The third-order valence-corrected chi connectivity index (χ3v) is 2.55. The summed E-state index contributed by atoms with van der Waals surface area (Å²) in [7, 11) is 0. The van der Waals surface area contributed by atoms with E-state index in [2.05, 4.69) is 30.1 Å². The molecule has 0 aliphatic rings. The molecule has 3 nitrogen and oxygen atoms in total. The highest BCUT2D eigenvalue weighted by Crippen LogP contribution is 2.21. The molecule has 0 heterocycles. The van der Waals surface area contributed by atoms with Gasteiger partial charge in [0.1, 0.15) is 0 Å². The molecule has 0 aromatic heterocycles. The van der Waals surface area contributed by atoms with E-state index < -0.39 is 0 Å². The second-order valence-corrected chi connectivity index (χ2v) is 3.43. The number of hydrogen-bond donors (Lipinski definition) is 1. The number of carbonyl (C=O) groups is 1. The summed E-state index contributed by atoms with van der Waals surface area (Å²) in [5.41, 5.74) is 3.17. The highest BCUT2D eigenvalue weighted by Gasteiger charge is 2.03. The summed E-state index contributed by atoms with van der Waals surface area (Å²) in [6, 6.07) is 6.07. The first-order valence-electron chi connectivity index (χ1n) is 5.28. The van der Waals surface area contributed by atoms with Crippen LogP contribution in [0.5, 0.6) is 0 Å². The van der Waals surface area contributed by atoms with Gasteiger partial charge in [0.25, 0.3) is 0 Å². The smallest absolute Gasteiger partial charge is 0.211 e. The van der Waals surface area contributed by atoms with Crippen LogP contribution < -0.4 is 10.2 Å². The van der Waals surface area contributed by atoms with Crippen molar-refractivity contribution in [3.05, 3.63) is 23.8 Å². The van der Waals surface area contributed by atoms with Gasteiger partial charge in [0.2, 0.25) is 6.41 Å². The van der Waals surface area contributed by atoms with Gasteiger partial charge in [-0.1, -0.05) is 0 Å². The molecule has 0 aliphatic carbocycles. The zero-order chi connectivity index (χ0) is 11.3. The van der Waals surface area contributed by atoms with Crippen molar-refractivity contribution >= 4 is 17.8 Å². The van der Waals surface area contributed by atoms with Gasteiger partial charge in [-0.3, -0.25) is 4.79 Å². The van der Waals surface area contributed by atoms with E-state index in [1.807, 2.05) is 19.1 Å². The number of rotatable bonds is 5. The van der Waals surface area contributed by atoms with E-state index in [9.17, 15) is 4.79 Å². The minimum Gasteiger partial charge on any atom is -0.372 e. The van der Waals surface area contributed by atoms with Gasteiger partial charge < -0.3 is 10.2 Å². The molecule has 1 aromatic rings. The lowest BCUT2D eigenvalue weighted by atomic mass is 10.1. The molecular formula is C12H18N2O. The van der Waals surface area contributed by atoms with E-state index >= 15 is 0 Å². The molecule has 0 atom stereocenters. The minimum absolute atomic E-state index is 0.708. The molecule has 0 aliphatic heterocycles. The van der Waals surface area contributed by atoms with Crippen LogP contribution in [0.4, 0.5) is 11.4 Å². The second-order valence-electron chi connectivity index (χ2n) is 3.43. The van der Waals surface area contributed by atoms with Crippen LogP contribution in [0.15, 0.2) is 18.2 Å². The highest BCUT2D eigenvalue weighted by molar-refractivity contribution is 5.74. The first kappa shape index (κ1) is 11.6. The summed E-state index contributed by atoms with van der Waals surface area (Å²) in [6.45, 7) is 8.26. The van der Waals surface area contributed by atoms with Crippen molar-refractivity contribution in [1.82, 2.24) is 0 Å². The molecular weight excluding hydrogens is 188 g/mol. The Kier molecular flexibility index (Phi) is 4.16. The van der Waals surface area contributed by atoms with Crippen LogP contribution in [0.1, 0.15) is 19.4 Å². The molecule has 3 heteroatoms. The molecule has 0 fully saturated rings. The average molecular weight is 206 g/mol. The summed E-state index contributed by atoms with van der Waals surface area (Å²) in [6.07, 6.45) is 0.708. The van der Waals surface area contributed by atoms with E-state index in [0.717, 1.165) is 24.3 Å². The maximum absolute atomic E-state index is 10.3. The SMILES string of the molecule is CCN(CC)c1ccc(NC=O)c(C)c1. The predicted octanol–water partition coefficient (Wildman–Crippen LogP) is 2.41. The normalized spacial score (nSPS) is 9.80. The molecule has 1 rings (SSSR count). The molecule has 0 radical (unpaired) electrons. The van der Waals surface area contributed by atoms with Gasteiger partial charge in [-0.15, -0.1) is 0 Å². The van der Waals surface area contributed by atoms with Crippen LogP contribution in [-0.2, 0) is 4.79 Å². The van der Waals surface area contributed by atoms with E-state index in [1.165, 1.54) is 5.69 Å². The average Bonchev–Trinajstić information content (AvgIpc) is 2.24. The fourth-order valence-corrected chi connectivity index (χ4v) is 1.66. The Hall–Kier alpha value is -1.51. The van der Waals surface area contributed by atoms with Crippen molar-refractivity contribution in [2.45, 2.75) is 20.8 Å². The first-order chi connectivity index (χ1) is 7.22. The van der Waals surface area contributed by atoms with Crippen LogP contribution >= 0.6 is 0 Å². The molecule has 1 aromatic carbocycles. The summed E-state index contributed by atoms with van der Waals surface area (Å²) < 4.78 is 0. The van der Waals surface area contributed by atoms with Crippen molar-refractivity contribution in [1.29, 1.82) is 0 Å². The topological polar surface area (TPSA) is 32.3 Å². The van der Waals surface area contributed by atoms with Crippen molar-refractivity contribution in [2.75, 3.05) is 23.3 Å². The fourth-order valence-electron chi connectivity index (χ4n) is 1.66. The molecule has 0 bridgehead atoms. The van der Waals surface area contributed by atoms with Gasteiger partial charge in [-0.2, -0.15) is 0 Å². The van der Waals surface area contributed by atoms with Gasteiger partial charge in [0.15, 0.2) is 0 Å². The van der Waals surface area contributed by atoms with Crippen molar-refractivity contribution in [3.63, 3.8) is 0 Å². The third-order valence-electron chi connectivity index (χ3n) is 2.55. The molecule has 82 valence electrons. The lowest BCUT2D eigenvalue weighted by Crippen LogP contribution is -2.21. The summed E-state index contributed by atoms with van der Waals surface area (Å²) >= 11 is 0. The maximum atomic E-state index is 10.3. The van der Waals surface area contributed by atoms with Gasteiger partial charge in [-0.05, 0) is 44.5 Å². The zero-order valence-electron chi connectivity index (χ0n) is 9.58. The van der Waals surface area contributed by atoms with E-state index in [1.54, 1.807) is 0 Å². The van der Waals surface area contributed by atoms with Crippen molar-refractivity contribution in [3.8, 4) is 0 Å². The summed E-state index contributed by atoms with van der Waals surface area (Å²) in [5, 5.41) is 2.68. The number of benzene rings is 1. The van der Waals surface area contributed by atoms with Gasteiger partial charge in [0, 0.05) is 24.5 Å². The third kappa shape index (κ3) is 2.72. The van der Waals surface area contributed by atoms with Crippen LogP contribution in [0.25, 0.3) is 0 Å². The van der Waals surface area contributed by atoms with Gasteiger partial charge in [-0.25, -0.2) is 0 Å². The standard InChI is InChI=1S/C12H18N2O/c1-4-14(5-2)11-6-7-12(13-9-15)10(3)8-11/h6-9H,4-5H2,1-3H3,(H,13,15). The summed E-state index contributed by atoms with van der Waals surface area (Å²) in [5.74, 6) is 0. The number of carbonyl (C=O) groups excluding carboxylic acids is 1. The lowest BCUT2D eigenvalue weighted by molar-refractivity contribution is -0.105. The Balaban J connectivity index is 2.94. The van der Waals surface area contributed by atoms with Crippen molar-refractivity contribution in [2.24, 2.45) is 0 Å². The van der Waals surface area contributed by atoms with Crippen LogP contribution in [-0.4, -0.2) is 19.5 Å². The van der Waals surface area contributed by atoms with Crippen LogP contribution in [0.3, 0.4) is 0 Å². The summed E-state index contributed by atoms with van der Waals surface area (Å²) in [4.78, 5) is 12.6. The zero-order valence-corrected chi connectivity index (χ0v) is 9.58. The molecule has 0 spiro atoms. The number of hydrogen-bond acceptors (Lipinski definition) is 2. The molecule has 15 heavy (non-hydrogen) atoms. The largest absolute Gasteiger partial charge is 0.372 e. The Labute approximate surface area is 91.1 Å². The Morgan fingerprint density at radius 1 is 1.33 bits per heavy atom. The predicted molar refractivity (Wildman–Crippen MR) is 64.4 cm³/mol. The van der Waals surface area contributed by atoms with E-state index in [0.29, 0.717) is 6.41 Å². The molecule has 1 N–H and O–H groups in total. The number of anilines is 2. The molecule has 0 saturated carbocycles. The maximum Gasteiger partial charge on any atom is 0.211 e. The number of nitrogens with zero attached hydrogens (tertiary/aromatic N) is 1. The molecule has 0 unspecified atom stereocenters. The first-order valence-corrected chi connectivity index (χ1v) is 5.28. The van der Waals surface area contributed by atoms with Crippen LogP contribution in [0, 0.1) is 6.92 Å². The monoisotopic (exact) mass is 206 g/mol. The van der Waals surface area contributed by atoms with Gasteiger partial charge in [0.05, 0.1) is 0 Å². The lowest BCUT2D eigenvalue weighted by Gasteiger charge is -2.22. The number of aryl methyl sites for hydroxylation is 1. The number of nitrogens with one attached hydrogen (secondary N) is 1. The number of amides is 1. The molecule has 0 saturated heterocycles. The fraction of sp³-hybridized carbons (Fsp3) is 0.417. The van der Waals surface area contributed by atoms with E-state index in [4.69, 9.17) is 0 Å². The Bertz CT molecular complexity index is 332. The minimum atomic E-state index is 0.708. The van der Waals surface area contributed by atoms with Gasteiger partial charge >= 0.3 is 0 Å². The quantitative estimate of drug-likeness (QED) is 0.750. The highest BCUT2D eigenvalue weighted by atomic mass is 16.1. The van der Waals surface area contributed by atoms with E-state index in [-0.39, 0.29) is 0 Å².